The minimum Gasteiger partial charge on any atom is -0.494 e. The predicted octanol–water partition coefficient (Wildman–Crippen LogP) is -0.899. The third-order valence-electron chi connectivity index (χ3n) is 9.00. The van der Waals surface area contributed by atoms with Crippen LogP contribution in [-0.2, 0) is 40.5 Å². The van der Waals surface area contributed by atoms with E-state index in [1.54, 1.807) is 13.8 Å². The largest absolute Gasteiger partial charge is 1.00 e. The standard InChI is InChI=1S/C37H32N6O15S4.K.Li.Na/c1-19-11-29(31(57-3)17-27(19)42-40-21-13-25-23(35(15-21)61(51,52)53)7-5-9-33(25)59(45,46)47)38-37(44)39-30-12-20(2)28(18-32(30)58-4)43-41-22-14-26-24(36(16-22)62(54,55)56)8-6-10-34(26)60(48,49)50;;;/h5-18H,1-4H3,(H2,38,39,44)(H,45,46,47)(H,48,49,50)(H,51,52,53)(H,54,55,56);;;/q;3*+1. The Balaban J connectivity index is 0.00000374. The fraction of sp³-hybridized carbons (Fsp3) is 0.108. The van der Waals surface area contributed by atoms with Crippen LogP contribution >= 0.6 is 0 Å². The molecule has 2 amide bonds. The molecule has 0 aliphatic heterocycles. The van der Waals surface area contributed by atoms with Crippen LogP contribution in [0.3, 0.4) is 0 Å². The third-order valence-corrected chi connectivity index (χ3v) is 12.6. The normalized spacial score (nSPS) is 12.1. The van der Waals surface area contributed by atoms with Crippen LogP contribution in [0.15, 0.2) is 125 Å². The van der Waals surface area contributed by atoms with Crippen molar-refractivity contribution < 1.29 is 166 Å². The number of nitrogens with zero attached hydrogens (tertiary/aromatic N) is 4. The molecule has 0 aromatic heterocycles. The number of carbonyl (C=O) groups is 1. The maximum Gasteiger partial charge on any atom is 1.00 e. The van der Waals surface area contributed by atoms with E-state index in [9.17, 15) is 56.7 Å². The monoisotopic (exact) mass is 997 g/mol. The Morgan fingerprint density at radius 2 is 0.846 bits per heavy atom. The second-order valence-corrected chi connectivity index (χ2v) is 18.7. The van der Waals surface area contributed by atoms with Crippen LogP contribution < -0.4 is 120 Å². The van der Waals surface area contributed by atoms with Gasteiger partial charge in [0.1, 0.15) is 31.1 Å². The first kappa shape index (κ1) is 56.1. The van der Waals surface area contributed by atoms with E-state index in [1.165, 1.54) is 62.8 Å². The predicted molar refractivity (Wildman–Crippen MR) is 224 cm³/mol. The summed E-state index contributed by atoms with van der Waals surface area (Å²) in [5, 5.41) is 20.7. The van der Waals surface area contributed by atoms with Crippen LogP contribution in [0.4, 0.5) is 38.9 Å². The quantitative estimate of drug-likeness (QED) is 0.0492. The number of benzene rings is 6. The number of urea groups is 1. The minimum atomic E-state index is -4.90. The van der Waals surface area contributed by atoms with E-state index in [4.69, 9.17) is 9.47 Å². The van der Waals surface area contributed by atoms with Gasteiger partial charge in [0.2, 0.25) is 0 Å². The maximum absolute atomic E-state index is 13.3. The van der Waals surface area contributed by atoms with E-state index in [2.05, 4.69) is 31.1 Å². The SMILES string of the molecule is COc1cc(N=Nc2cc(S(=O)(=O)O)c3cccc(S(=O)(=O)O)c3c2)c(C)cc1NC(=O)Nc1cc(C)c(N=Nc2cc(S(=O)(=O)O)c3cccc(S(=O)(=O)O)c3c2)cc1OC.[K+].[Li+].[Na+]. The topological polar surface area (TPSA) is 327 Å². The van der Waals surface area contributed by atoms with Crippen LogP contribution in [0.5, 0.6) is 11.5 Å². The fourth-order valence-corrected chi connectivity index (χ4v) is 9.06. The van der Waals surface area contributed by atoms with Gasteiger partial charge in [-0.3, -0.25) is 18.2 Å². The number of hydrogen-bond donors (Lipinski definition) is 6. The third kappa shape index (κ3) is 13.1. The van der Waals surface area contributed by atoms with Gasteiger partial charge < -0.3 is 20.1 Å². The van der Waals surface area contributed by atoms with Crippen molar-refractivity contribution in [1.29, 1.82) is 0 Å². The van der Waals surface area contributed by atoms with E-state index in [0.29, 0.717) is 11.1 Å². The van der Waals surface area contributed by atoms with Gasteiger partial charge >= 0.3 is 106 Å². The molecule has 0 saturated heterocycles. The summed E-state index contributed by atoms with van der Waals surface area (Å²) in [5.41, 5.74) is 1.11. The van der Waals surface area contributed by atoms with Crippen molar-refractivity contribution >= 4 is 102 Å². The van der Waals surface area contributed by atoms with Crippen molar-refractivity contribution in [3.8, 4) is 11.5 Å². The van der Waals surface area contributed by atoms with Gasteiger partial charge in [-0.15, -0.1) is 0 Å². The number of hydrogen-bond acceptors (Lipinski definition) is 15. The van der Waals surface area contributed by atoms with Crippen LogP contribution in [0, 0.1) is 13.8 Å². The molecule has 65 heavy (non-hydrogen) atoms. The first-order valence-electron chi connectivity index (χ1n) is 17.2. The van der Waals surface area contributed by atoms with Crippen LogP contribution in [-0.4, -0.2) is 72.1 Å². The Kier molecular flexibility index (Phi) is 18.8. The number of nitrogens with one attached hydrogen (secondary N) is 2. The molecule has 6 aromatic carbocycles. The molecule has 6 rings (SSSR count). The maximum atomic E-state index is 13.3. The van der Waals surface area contributed by atoms with Gasteiger partial charge in [-0.05, 0) is 73.5 Å². The molecule has 28 heteroatoms. The Bertz CT molecular complexity index is 3180. The number of rotatable bonds is 12. The van der Waals surface area contributed by atoms with Gasteiger partial charge in [0.15, 0.2) is 0 Å². The number of azo groups is 2. The Labute approximate surface area is 448 Å². The smallest absolute Gasteiger partial charge is 0.494 e. The van der Waals surface area contributed by atoms with Gasteiger partial charge in [0.25, 0.3) is 40.5 Å². The molecule has 0 unspecified atom stereocenters. The van der Waals surface area contributed by atoms with Gasteiger partial charge in [-0.1, -0.05) is 24.3 Å². The first-order valence-corrected chi connectivity index (χ1v) is 23.0. The second-order valence-electron chi connectivity index (χ2n) is 13.1. The molecule has 324 valence electrons. The summed E-state index contributed by atoms with van der Waals surface area (Å²) in [6, 6.07) is 16.2. The first-order chi connectivity index (χ1) is 28.9. The van der Waals surface area contributed by atoms with E-state index in [-0.39, 0.29) is 167 Å². The van der Waals surface area contributed by atoms with E-state index in [1.807, 2.05) is 0 Å². The van der Waals surface area contributed by atoms with Gasteiger partial charge in [-0.25, -0.2) is 4.79 Å². The van der Waals surface area contributed by atoms with Crippen molar-refractivity contribution in [2.75, 3.05) is 24.9 Å². The van der Waals surface area contributed by atoms with Crippen molar-refractivity contribution in [2.24, 2.45) is 20.5 Å². The molecule has 0 radical (unpaired) electrons. The number of amides is 2. The Morgan fingerprint density at radius 3 is 1.15 bits per heavy atom. The molecule has 21 nitrogen and oxygen atoms in total. The summed E-state index contributed by atoms with van der Waals surface area (Å²) < 4.78 is 147. The summed E-state index contributed by atoms with van der Waals surface area (Å²) in [5.74, 6) is 0.193. The van der Waals surface area contributed by atoms with E-state index < -0.39 is 66.1 Å². The molecular weight excluding hydrogens is 966 g/mol. The van der Waals surface area contributed by atoms with Gasteiger partial charge in [0.05, 0.1) is 48.3 Å². The molecule has 6 N–H and O–H groups in total. The minimum absolute atomic E-state index is 0. The molecule has 0 aliphatic rings. The zero-order valence-electron chi connectivity index (χ0n) is 35.3. The molecule has 0 bridgehead atoms. The molecule has 0 spiro atoms. The number of aryl methyl sites for hydroxylation is 2. The number of ether oxygens (including phenoxy) is 2. The molecule has 6 aromatic rings. The van der Waals surface area contributed by atoms with Crippen molar-refractivity contribution in [1.82, 2.24) is 0 Å². The Morgan fingerprint density at radius 1 is 0.508 bits per heavy atom. The Hall–Kier alpha value is -3.22. The average molecular weight is 998 g/mol. The number of anilines is 2. The molecule has 0 heterocycles. The summed E-state index contributed by atoms with van der Waals surface area (Å²) in [6.45, 7) is 3.21. The van der Waals surface area contributed by atoms with Crippen LogP contribution in [0.1, 0.15) is 11.1 Å². The zero-order valence-corrected chi connectivity index (χ0v) is 43.7. The molecular formula is C37H32KLiN6NaO15S4+3. The fourth-order valence-electron chi connectivity index (χ4n) is 6.21. The number of carbonyl (C=O) groups excluding carboxylic acids is 1. The van der Waals surface area contributed by atoms with Gasteiger partial charge in [0, 0.05) is 33.7 Å². The molecule has 0 atom stereocenters. The molecule has 0 aliphatic carbocycles. The second kappa shape index (κ2) is 21.8. The number of methoxy groups -OCH3 is 2. The van der Waals surface area contributed by atoms with Crippen molar-refractivity contribution in [3.05, 3.63) is 96.1 Å². The average Bonchev–Trinajstić information content (AvgIpc) is 3.17. The number of fused-ring (bicyclic) bond motifs is 2. The van der Waals surface area contributed by atoms with Crippen LogP contribution in [0.2, 0.25) is 0 Å². The van der Waals surface area contributed by atoms with Crippen LogP contribution in [0.25, 0.3) is 21.5 Å². The van der Waals surface area contributed by atoms with Crippen molar-refractivity contribution in [3.63, 3.8) is 0 Å². The van der Waals surface area contributed by atoms with E-state index >= 15 is 0 Å². The molecule has 0 fully saturated rings. The zero-order chi connectivity index (χ0) is 45.5. The van der Waals surface area contributed by atoms with Crippen molar-refractivity contribution in [2.45, 2.75) is 33.4 Å². The molecule has 0 saturated carbocycles. The summed E-state index contributed by atoms with van der Waals surface area (Å²) in [4.78, 5) is 10.7. The summed E-state index contributed by atoms with van der Waals surface area (Å²) in [6.07, 6.45) is 0. The summed E-state index contributed by atoms with van der Waals surface area (Å²) in [7, 11) is -16.8. The van der Waals surface area contributed by atoms with Gasteiger partial charge in [-0.2, -0.15) is 54.1 Å². The summed E-state index contributed by atoms with van der Waals surface area (Å²) >= 11 is 0. The van der Waals surface area contributed by atoms with E-state index in [0.717, 1.165) is 36.4 Å².